The van der Waals surface area contributed by atoms with E-state index in [9.17, 15) is 14.9 Å². The molecule has 0 N–H and O–H groups in total. The van der Waals surface area contributed by atoms with Crippen LogP contribution in [0.5, 0.6) is 0 Å². The van der Waals surface area contributed by atoms with Crippen molar-refractivity contribution in [3.8, 4) is 11.5 Å². The SMILES string of the molecule is O=C(OCc1nnc(-c2ccccc2)o1)c1cccc([N+](=O)[O-])c1. The number of carbonyl (C=O) groups is 1. The van der Waals surface area contributed by atoms with Crippen LogP contribution in [0.1, 0.15) is 16.2 Å². The van der Waals surface area contributed by atoms with Gasteiger partial charge < -0.3 is 9.15 Å². The van der Waals surface area contributed by atoms with Crippen LogP contribution in [0, 0.1) is 10.1 Å². The highest BCUT2D eigenvalue weighted by Gasteiger charge is 2.15. The molecular weight excluding hydrogens is 314 g/mol. The first-order chi connectivity index (χ1) is 11.6. The first-order valence-corrected chi connectivity index (χ1v) is 6.93. The molecule has 0 aliphatic carbocycles. The molecule has 1 aromatic heterocycles. The number of nitro benzene ring substituents is 1. The number of nitrogens with zero attached hydrogens (tertiary/aromatic N) is 3. The van der Waals surface area contributed by atoms with Gasteiger partial charge in [-0.15, -0.1) is 10.2 Å². The highest BCUT2D eigenvalue weighted by molar-refractivity contribution is 5.90. The minimum Gasteiger partial charge on any atom is -0.452 e. The molecule has 0 amide bonds. The summed E-state index contributed by atoms with van der Waals surface area (Å²) in [5.41, 5.74) is 0.641. The molecule has 0 aliphatic rings. The van der Waals surface area contributed by atoms with Crippen LogP contribution in [0.4, 0.5) is 5.69 Å². The molecule has 24 heavy (non-hydrogen) atoms. The van der Waals surface area contributed by atoms with Gasteiger partial charge in [-0.3, -0.25) is 10.1 Å². The molecule has 8 nitrogen and oxygen atoms in total. The minimum absolute atomic E-state index is 0.0759. The number of ether oxygens (including phenoxy) is 1. The second-order valence-electron chi connectivity index (χ2n) is 4.75. The molecule has 0 bridgehead atoms. The fourth-order valence-corrected chi connectivity index (χ4v) is 1.97. The van der Waals surface area contributed by atoms with Crippen LogP contribution in [0.15, 0.2) is 59.0 Å². The van der Waals surface area contributed by atoms with Crippen molar-refractivity contribution >= 4 is 11.7 Å². The Hall–Kier alpha value is -3.55. The summed E-state index contributed by atoms with van der Waals surface area (Å²) < 4.78 is 10.5. The lowest BCUT2D eigenvalue weighted by molar-refractivity contribution is -0.384. The number of hydrogen-bond donors (Lipinski definition) is 0. The van der Waals surface area contributed by atoms with Gasteiger partial charge in [0, 0.05) is 17.7 Å². The van der Waals surface area contributed by atoms with E-state index in [1.165, 1.54) is 18.2 Å². The molecule has 3 rings (SSSR count). The van der Waals surface area contributed by atoms with Gasteiger partial charge >= 0.3 is 5.97 Å². The molecule has 3 aromatic rings. The van der Waals surface area contributed by atoms with E-state index in [0.717, 1.165) is 11.6 Å². The van der Waals surface area contributed by atoms with Crippen molar-refractivity contribution in [2.75, 3.05) is 0 Å². The Labute approximate surface area is 135 Å². The van der Waals surface area contributed by atoms with Gasteiger partial charge in [0.05, 0.1) is 10.5 Å². The zero-order valence-corrected chi connectivity index (χ0v) is 12.3. The molecule has 120 valence electrons. The number of esters is 1. The predicted octanol–water partition coefficient (Wildman–Crippen LogP) is 3.00. The van der Waals surface area contributed by atoms with Gasteiger partial charge in [0.25, 0.3) is 11.6 Å². The van der Waals surface area contributed by atoms with Crippen LogP contribution in [-0.2, 0) is 11.3 Å². The fourth-order valence-electron chi connectivity index (χ4n) is 1.97. The summed E-state index contributed by atoms with van der Waals surface area (Å²) in [7, 11) is 0. The lowest BCUT2D eigenvalue weighted by Crippen LogP contribution is -2.06. The van der Waals surface area contributed by atoms with E-state index in [4.69, 9.17) is 9.15 Å². The van der Waals surface area contributed by atoms with Crippen molar-refractivity contribution in [1.29, 1.82) is 0 Å². The van der Waals surface area contributed by atoms with Gasteiger partial charge in [0.2, 0.25) is 5.89 Å². The number of rotatable bonds is 5. The summed E-state index contributed by atoms with van der Waals surface area (Å²) in [6, 6.07) is 14.4. The molecule has 0 saturated carbocycles. The quantitative estimate of drug-likeness (QED) is 0.403. The summed E-state index contributed by atoms with van der Waals surface area (Å²) in [5, 5.41) is 18.4. The first kappa shape index (κ1) is 15.3. The second-order valence-corrected chi connectivity index (χ2v) is 4.75. The molecular formula is C16H11N3O5. The molecule has 0 fully saturated rings. The molecule has 0 radical (unpaired) electrons. The van der Waals surface area contributed by atoms with Crippen molar-refractivity contribution in [2.24, 2.45) is 0 Å². The maximum absolute atomic E-state index is 11.9. The Morgan fingerprint density at radius 1 is 1.12 bits per heavy atom. The van der Waals surface area contributed by atoms with E-state index < -0.39 is 10.9 Å². The van der Waals surface area contributed by atoms with Gasteiger partial charge in [-0.25, -0.2) is 4.79 Å². The van der Waals surface area contributed by atoms with Crippen LogP contribution in [0.2, 0.25) is 0 Å². The molecule has 1 heterocycles. The third-order valence-electron chi connectivity index (χ3n) is 3.11. The Morgan fingerprint density at radius 2 is 1.92 bits per heavy atom. The molecule has 0 saturated heterocycles. The molecule has 0 atom stereocenters. The second kappa shape index (κ2) is 6.69. The smallest absolute Gasteiger partial charge is 0.338 e. The van der Waals surface area contributed by atoms with Gasteiger partial charge in [-0.1, -0.05) is 24.3 Å². The number of hydrogen-bond acceptors (Lipinski definition) is 7. The van der Waals surface area contributed by atoms with Crippen molar-refractivity contribution in [3.05, 3.63) is 76.2 Å². The maximum Gasteiger partial charge on any atom is 0.338 e. The summed E-state index contributed by atoms with van der Waals surface area (Å²) in [5.74, 6) is -0.261. The number of non-ortho nitro benzene ring substituents is 1. The normalized spacial score (nSPS) is 10.3. The maximum atomic E-state index is 11.9. The Bertz CT molecular complexity index is 876. The summed E-state index contributed by atoms with van der Waals surface area (Å²) in [6.45, 7) is -0.221. The zero-order valence-electron chi connectivity index (χ0n) is 12.3. The van der Waals surface area contributed by atoms with Gasteiger partial charge in [-0.2, -0.15) is 0 Å². The van der Waals surface area contributed by atoms with Crippen LogP contribution in [-0.4, -0.2) is 21.1 Å². The average molecular weight is 325 g/mol. The van der Waals surface area contributed by atoms with Crippen molar-refractivity contribution < 1.29 is 18.9 Å². The van der Waals surface area contributed by atoms with E-state index in [-0.39, 0.29) is 23.7 Å². The molecule has 2 aromatic carbocycles. The van der Waals surface area contributed by atoms with E-state index in [1.807, 2.05) is 30.3 Å². The van der Waals surface area contributed by atoms with Crippen molar-refractivity contribution in [3.63, 3.8) is 0 Å². The van der Waals surface area contributed by atoms with Crippen LogP contribution < -0.4 is 0 Å². The Balaban J connectivity index is 1.66. The largest absolute Gasteiger partial charge is 0.452 e. The molecule has 0 aliphatic heterocycles. The lowest BCUT2D eigenvalue weighted by Gasteiger charge is -2.01. The van der Waals surface area contributed by atoms with Gasteiger partial charge in [0.1, 0.15) is 0 Å². The molecule has 8 heteroatoms. The Morgan fingerprint density at radius 3 is 2.67 bits per heavy atom. The van der Waals surface area contributed by atoms with E-state index in [0.29, 0.717) is 5.89 Å². The summed E-state index contributed by atoms with van der Waals surface area (Å²) in [4.78, 5) is 22.1. The van der Waals surface area contributed by atoms with Crippen LogP contribution in [0.3, 0.4) is 0 Å². The monoisotopic (exact) mass is 325 g/mol. The van der Waals surface area contributed by atoms with Gasteiger partial charge in [0.15, 0.2) is 6.61 Å². The third-order valence-corrected chi connectivity index (χ3v) is 3.11. The topological polar surface area (TPSA) is 108 Å². The van der Waals surface area contributed by atoms with Crippen molar-refractivity contribution in [2.45, 2.75) is 6.61 Å². The van der Waals surface area contributed by atoms with Crippen molar-refractivity contribution in [1.82, 2.24) is 10.2 Å². The Kier molecular flexibility index (Phi) is 4.28. The van der Waals surface area contributed by atoms with Crippen LogP contribution >= 0.6 is 0 Å². The molecule has 0 spiro atoms. The lowest BCUT2D eigenvalue weighted by atomic mass is 10.2. The standard InChI is InChI=1S/C16H11N3O5/c20-16(12-7-4-8-13(9-12)19(21)22)23-10-14-17-18-15(24-14)11-5-2-1-3-6-11/h1-9H,10H2. The van der Waals surface area contributed by atoms with Crippen LogP contribution in [0.25, 0.3) is 11.5 Å². The summed E-state index contributed by atoms with van der Waals surface area (Å²) in [6.07, 6.45) is 0. The summed E-state index contributed by atoms with van der Waals surface area (Å²) >= 11 is 0. The predicted molar refractivity (Wildman–Crippen MR) is 81.9 cm³/mol. The molecule has 0 unspecified atom stereocenters. The number of carbonyl (C=O) groups excluding carboxylic acids is 1. The number of aromatic nitrogens is 2. The van der Waals surface area contributed by atoms with E-state index in [2.05, 4.69) is 10.2 Å². The number of benzene rings is 2. The van der Waals surface area contributed by atoms with E-state index >= 15 is 0 Å². The first-order valence-electron chi connectivity index (χ1n) is 6.93. The average Bonchev–Trinajstić information content (AvgIpc) is 3.09. The highest BCUT2D eigenvalue weighted by atomic mass is 16.6. The third kappa shape index (κ3) is 3.43. The van der Waals surface area contributed by atoms with Gasteiger partial charge in [-0.05, 0) is 18.2 Å². The van der Waals surface area contributed by atoms with E-state index in [1.54, 1.807) is 0 Å². The highest BCUT2D eigenvalue weighted by Crippen LogP contribution is 2.18. The minimum atomic E-state index is -0.710. The fraction of sp³-hybridized carbons (Fsp3) is 0.0625. The number of nitro groups is 1. The zero-order chi connectivity index (χ0) is 16.9.